The van der Waals surface area contributed by atoms with E-state index in [0.29, 0.717) is 4.88 Å². The molecule has 7 heteroatoms. The minimum Gasteiger partial charge on any atom is -0.321 e. The fraction of sp³-hybridized carbons (Fsp3) is 0.267. The van der Waals surface area contributed by atoms with E-state index in [1.54, 1.807) is 6.07 Å². The Morgan fingerprint density at radius 3 is 2.59 bits per heavy atom. The number of hydrogen-bond acceptors (Lipinski definition) is 3. The molecular weight excluding hydrogens is 313 g/mol. The minimum absolute atomic E-state index is 0.111. The second-order valence-corrected chi connectivity index (χ2v) is 5.86. The summed E-state index contributed by atoms with van der Waals surface area (Å²) in [7, 11) is 1.81. The summed E-state index contributed by atoms with van der Waals surface area (Å²) in [5.41, 5.74) is -0.669. The average Bonchev–Trinajstić information content (AvgIpc) is 2.95. The van der Waals surface area contributed by atoms with Gasteiger partial charge in [-0.05, 0) is 44.3 Å². The molecule has 0 spiro atoms. The first kappa shape index (κ1) is 16.5. The highest BCUT2D eigenvalue weighted by molar-refractivity contribution is 7.14. The molecule has 0 saturated carbocycles. The van der Waals surface area contributed by atoms with Crippen molar-refractivity contribution in [2.24, 2.45) is 0 Å². The summed E-state index contributed by atoms with van der Waals surface area (Å²) in [6.45, 7) is 1.96. The van der Waals surface area contributed by atoms with Crippen molar-refractivity contribution in [1.82, 2.24) is 5.32 Å². The van der Waals surface area contributed by atoms with Crippen molar-refractivity contribution in [1.29, 1.82) is 0 Å². The molecule has 0 aliphatic rings. The van der Waals surface area contributed by atoms with E-state index in [1.807, 2.05) is 20.0 Å². The van der Waals surface area contributed by atoms with Crippen LogP contribution in [-0.4, -0.2) is 13.0 Å². The van der Waals surface area contributed by atoms with Crippen LogP contribution in [0.25, 0.3) is 0 Å². The van der Waals surface area contributed by atoms with Gasteiger partial charge in [-0.1, -0.05) is 6.07 Å². The van der Waals surface area contributed by atoms with Crippen LogP contribution in [0.15, 0.2) is 36.4 Å². The Kier molecular flexibility index (Phi) is 4.87. The van der Waals surface area contributed by atoms with Gasteiger partial charge in [0.05, 0.1) is 10.4 Å². The molecule has 118 valence electrons. The van der Waals surface area contributed by atoms with E-state index < -0.39 is 17.6 Å². The lowest BCUT2D eigenvalue weighted by atomic mass is 10.2. The van der Waals surface area contributed by atoms with Crippen LogP contribution in [0.5, 0.6) is 0 Å². The number of anilines is 1. The summed E-state index contributed by atoms with van der Waals surface area (Å²) in [6.07, 6.45) is -4.43. The van der Waals surface area contributed by atoms with Gasteiger partial charge < -0.3 is 10.6 Å². The molecule has 0 radical (unpaired) electrons. The molecule has 1 atom stereocenters. The molecule has 22 heavy (non-hydrogen) atoms. The summed E-state index contributed by atoms with van der Waals surface area (Å²) in [5, 5.41) is 5.55. The third-order valence-corrected chi connectivity index (χ3v) is 4.42. The Balaban J connectivity index is 2.14. The van der Waals surface area contributed by atoms with E-state index in [9.17, 15) is 18.0 Å². The molecule has 1 amide bonds. The van der Waals surface area contributed by atoms with Gasteiger partial charge in [0.15, 0.2) is 0 Å². The predicted octanol–water partition coefficient (Wildman–Crippen LogP) is 4.30. The number of carbonyl (C=O) groups excluding carboxylic acids is 1. The van der Waals surface area contributed by atoms with Gasteiger partial charge in [0.25, 0.3) is 5.91 Å². The molecule has 0 aliphatic carbocycles. The Hall–Kier alpha value is -1.86. The van der Waals surface area contributed by atoms with Gasteiger partial charge in [-0.15, -0.1) is 11.3 Å². The van der Waals surface area contributed by atoms with Gasteiger partial charge in [0, 0.05) is 16.6 Å². The number of carbonyl (C=O) groups is 1. The molecule has 2 N–H and O–H groups in total. The fourth-order valence-electron chi connectivity index (χ4n) is 1.82. The smallest absolute Gasteiger partial charge is 0.321 e. The lowest BCUT2D eigenvalue weighted by Gasteiger charge is -2.09. The Morgan fingerprint density at radius 2 is 1.95 bits per heavy atom. The zero-order chi connectivity index (χ0) is 16.3. The number of hydrogen-bond donors (Lipinski definition) is 2. The molecule has 0 saturated heterocycles. The monoisotopic (exact) mass is 328 g/mol. The van der Waals surface area contributed by atoms with Gasteiger partial charge >= 0.3 is 6.18 Å². The van der Waals surface area contributed by atoms with Crippen LogP contribution in [0.1, 0.15) is 33.1 Å². The van der Waals surface area contributed by atoms with Crippen LogP contribution in [-0.2, 0) is 6.18 Å². The Labute approximate surface area is 130 Å². The molecule has 1 unspecified atom stereocenters. The summed E-state index contributed by atoms with van der Waals surface area (Å²) in [4.78, 5) is 13.5. The van der Waals surface area contributed by atoms with Gasteiger partial charge in [-0.3, -0.25) is 4.79 Å². The molecule has 0 fully saturated rings. The quantitative estimate of drug-likeness (QED) is 0.878. The van der Waals surface area contributed by atoms with Crippen molar-refractivity contribution in [3.05, 3.63) is 51.7 Å². The lowest BCUT2D eigenvalue weighted by molar-refractivity contribution is -0.137. The lowest BCUT2D eigenvalue weighted by Crippen LogP contribution is -2.12. The van der Waals surface area contributed by atoms with Crippen molar-refractivity contribution in [3.8, 4) is 0 Å². The van der Waals surface area contributed by atoms with Crippen molar-refractivity contribution in [3.63, 3.8) is 0 Å². The third-order valence-electron chi connectivity index (χ3n) is 3.16. The first-order valence-electron chi connectivity index (χ1n) is 6.57. The van der Waals surface area contributed by atoms with Crippen LogP contribution in [0.4, 0.5) is 18.9 Å². The molecule has 1 aromatic heterocycles. The summed E-state index contributed by atoms with van der Waals surface area (Å²) in [5.74, 6) is -0.418. The Morgan fingerprint density at radius 1 is 1.23 bits per heavy atom. The molecule has 1 aromatic carbocycles. The van der Waals surface area contributed by atoms with E-state index >= 15 is 0 Å². The molecule has 0 bridgehead atoms. The number of nitrogens with one attached hydrogen (secondary N) is 2. The maximum absolute atomic E-state index is 12.6. The Bertz CT molecular complexity index is 667. The van der Waals surface area contributed by atoms with Crippen LogP contribution in [0.2, 0.25) is 0 Å². The fourth-order valence-corrected chi connectivity index (χ4v) is 2.78. The van der Waals surface area contributed by atoms with Gasteiger partial charge in [0.1, 0.15) is 0 Å². The van der Waals surface area contributed by atoms with Gasteiger partial charge in [0.2, 0.25) is 0 Å². The van der Waals surface area contributed by atoms with E-state index in [2.05, 4.69) is 10.6 Å². The normalized spacial score (nSPS) is 13.0. The van der Waals surface area contributed by atoms with E-state index in [-0.39, 0.29) is 11.7 Å². The van der Waals surface area contributed by atoms with Crippen LogP contribution < -0.4 is 10.6 Å². The van der Waals surface area contributed by atoms with Crippen LogP contribution >= 0.6 is 11.3 Å². The minimum atomic E-state index is -4.43. The zero-order valence-corrected chi connectivity index (χ0v) is 12.8. The van der Waals surface area contributed by atoms with Crippen LogP contribution in [0.3, 0.4) is 0 Å². The second kappa shape index (κ2) is 6.50. The molecule has 2 rings (SSSR count). The number of halogens is 3. The highest BCUT2D eigenvalue weighted by Gasteiger charge is 2.30. The number of benzene rings is 1. The molecule has 0 aliphatic heterocycles. The molecule has 1 heterocycles. The third kappa shape index (κ3) is 3.86. The SMILES string of the molecule is CNC(C)c1ccc(C(=O)Nc2cccc(C(F)(F)F)c2)s1. The largest absolute Gasteiger partial charge is 0.416 e. The first-order valence-corrected chi connectivity index (χ1v) is 7.38. The summed E-state index contributed by atoms with van der Waals surface area (Å²) < 4.78 is 37.9. The first-order chi connectivity index (χ1) is 10.3. The molecule has 2 aromatic rings. The van der Waals surface area contributed by atoms with Crippen molar-refractivity contribution in [2.75, 3.05) is 12.4 Å². The highest BCUT2D eigenvalue weighted by Crippen LogP contribution is 2.31. The molecular formula is C15H15F3N2OS. The average molecular weight is 328 g/mol. The van der Waals surface area contributed by atoms with Gasteiger partial charge in [-0.2, -0.15) is 13.2 Å². The predicted molar refractivity (Wildman–Crippen MR) is 81.2 cm³/mol. The van der Waals surface area contributed by atoms with Crippen molar-refractivity contribution in [2.45, 2.75) is 19.1 Å². The topological polar surface area (TPSA) is 41.1 Å². The van der Waals surface area contributed by atoms with Crippen molar-refractivity contribution >= 4 is 22.9 Å². The van der Waals surface area contributed by atoms with E-state index in [0.717, 1.165) is 17.0 Å². The second-order valence-electron chi connectivity index (χ2n) is 4.75. The van der Waals surface area contributed by atoms with Crippen LogP contribution in [0, 0.1) is 0 Å². The standard InChI is InChI=1S/C15H15F3N2OS/c1-9(19-2)12-6-7-13(22-12)14(21)20-11-5-3-4-10(8-11)15(16,17)18/h3-9,19H,1-2H3,(H,20,21). The number of alkyl halides is 3. The maximum atomic E-state index is 12.6. The number of amides is 1. The maximum Gasteiger partial charge on any atom is 0.416 e. The van der Waals surface area contributed by atoms with Crippen molar-refractivity contribution < 1.29 is 18.0 Å². The van der Waals surface area contributed by atoms with E-state index in [1.165, 1.54) is 23.5 Å². The highest BCUT2D eigenvalue weighted by atomic mass is 32.1. The summed E-state index contributed by atoms with van der Waals surface area (Å²) >= 11 is 1.31. The number of thiophene rings is 1. The van der Waals surface area contributed by atoms with Gasteiger partial charge in [-0.25, -0.2) is 0 Å². The van der Waals surface area contributed by atoms with E-state index in [4.69, 9.17) is 0 Å². The summed E-state index contributed by atoms with van der Waals surface area (Å²) in [6, 6.07) is 8.18. The number of rotatable bonds is 4. The zero-order valence-electron chi connectivity index (χ0n) is 12.0. The molecule has 3 nitrogen and oxygen atoms in total.